The Hall–Kier alpha value is -2.06. The fourth-order valence-corrected chi connectivity index (χ4v) is 5.47. The van der Waals surface area contributed by atoms with Crippen LogP contribution in [-0.2, 0) is 9.53 Å². The van der Waals surface area contributed by atoms with E-state index in [1.807, 2.05) is 13.0 Å². The number of hydrogen-bond acceptors (Lipinski definition) is 6. The molecule has 0 bridgehead atoms. The molecule has 164 valence electrons. The monoisotopic (exact) mass is 497 g/mol. The number of anilines is 1. The van der Waals surface area contributed by atoms with Crippen LogP contribution in [0, 0.1) is 5.92 Å². The highest BCUT2D eigenvalue weighted by Crippen LogP contribution is 2.46. The fourth-order valence-electron chi connectivity index (χ4n) is 3.51. The minimum atomic E-state index is -0.373. The van der Waals surface area contributed by atoms with E-state index in [-0.39, 0.29) is 12.4 Å². The van der Waals surface area contributed by atoms with Crippen LogP contribution in [0.2, 0.25) is 0 Å². The van der Waals surface area contributed by atoms with Crippen molar-refractivity contribution in [2.75, 3.05) is 25.6 Å². The first-order chi connectivity index (χ1) is 14.5. The van der Waals surface area contributed by atoms with E-state index < -0.39 is 0 Å². The minimum absolute atomic E-state index is 0.250. The second-order valence-electron chi connectivity index (χ2n) is 6.90. The molecule has 0 spiro atoms. The maximum atomic E-state index is 12.1. The fraction of sp³-hybridized carbons (Fsp3) is 0.455. The first-order valence-corrected chi connectivity index (χ1v) is 11.6. The summed E-state index contributed by atoms with van der Waals surface area (Å²) in [6.45, 7) is 3.16. The van der Waals surface area contributed by atoms with Crippen LogP contribution >= 0.6 is 27.3 Å². The third-order valence-corrected chi connectivity index (χ3v) is 7.13. The van der Waals surface area contributed by atoms with Crippen LogP contribution in [0.5, 0.6) is 5.75 Å². The van der Waals surface area contributed by atoms with Gasteiger partial charge in [0, 0.05) is 12.2 Å². The number of rotatable bonds is 7. The average molecular weight is 498 g/mol. The van der Waals surface area contributed by atoms with Gasteiger partial charge in [-0.05, 0) is 59.3 Å². The lowest BCUT2D eigenvalue weighted by Gasteiger charge is -2.22. The van der Waals surface area contributed by atoms with Crippen molar-refractivity contribution in [3.63, 3.8) is 0 Å². The van der Waals surface area contributed by atoms with E-state index >= 15 is 0 Å². The molecule has 0 radical (unpaired) electrons. The van der Waals surface area contributed by atoms with E-state index in [9.17, 15) is 4.79 Å². The molecule has 2 aromatic rings. The summed E-state index contributed by atoms with van der Waals surface area (Å²) in [6, 6.07) is 8.33. The van der Waals surface area contributed by atoms with Gasteiger partial charge in [-0.15, -0.1) is 11.3 Å². The molecule has 1 aromatic carbocycles. The predicted molar refractivity (Wildman–Crippen MR) is 124 cm³/mol. The Kier molecular flexibility index (Phi) is 10.2. The van der Waals surface area contributed by atoms with Gasteiger partial charge >= 0.3 is 5.97 Å². The summed E-state index contributed by atoms with van der Waals surface area (Å²) < 4.78 is 11.4. The topological polar surface area (TPSA) is 84.9 Å². The quantitative estimate of drug-likeness (QED) is 0.357. The van der Waals surface area contributed by atoms with Crippen LogP contribution in [0.25, 0.3) is 10.4 Å². The Balaban J connectivity index is 0.00000101. The van der Waals surface area contributed by atoms with Crippen molar-refractivity contribution in [3.8, 4) is 16.2 Å². The molecule has 1 aliphatic carbocycles. The number of halogens is 1. The van der Waals surface area contributed by atoms with E-state index in [2.05, 4.69) is 39.4 Å². The van der Waals surface area contributed by atoms with Gasteiger partial charge in [0.15, 0.2) is 10.6 Å². The molecule has 3 rings (SSSR count). The number of carboxylic acid groups (broad SMARTS) is 1. The second-order valence-corrected chi connectivity index (χ2v) is 8.71. The van der Waals surface area contributed by atoms with Crippen molar-refractivity contribution in [2.24, 2.45) is 5.92 Å². The normalized spacial score (nSPS) is 13.7. The number of methoxy groups -OCH3 is 1. The maximum absolute atomic E-state index is 12.1. The number of carbonyl (C=O) groups is 2. The van der Waals surface area contributed by atoms with Crippen molar-refractivity contribution in [1.29, 1.82) is 0 Å². The molecule has 6 nitrogen and oxygen atoms in total. The Bertz CT molecular complexity index is 833. The van der Waals surface area contributed by atoms with E-state index in [1.54, 1.807) is 0 Å². The van der Waals surface area contributed by atoms with Crippen molar-refractivity contribution in [2.45, 2.75) is 39.0 Å². The van der Waals surface area contributed by atoms with Gasteiger partial charge in [0.2, 0.25) is 0 Å². The smallest absolute Gasteiger partial charge is 0.351 e. The highest BCUT2D eigenvalue weighted by Gasteiger charge is 2.24. The lowest BCUT2D eigenvalue weighted by molar-refractivity contribution is -0.122. The summed E-state index contributed by atoms with van der Waals surface area (Å²) in [5.41, 5.74) is 2.16. The molecule has 8 heteroatoms. The molecule has 0 atom stereocenters. The number of hydrogen-bond donors (Lipinski definition) is 2. The van der Waals surface area contributed by atoms with Gasteiger partial charge in [-0.1, -0.05) is 31.4 Å². The lowest BCUT2D eigenvalue weighted by atomic mass is 9.89. The highest BCUT2D eigenvalue weighted by molar-refractivity contribution is 9.10. The molecule has 1 fully saturated rings. The zero-order chi connectivity index (χ0) is 21.9. The number of esters is 1. The Morgan fingerprint density at radius 1 is 1.33 bits per heavy atom. The first-order valence-electron chi connectivity index (χ1n) is 10.0. The number of nitrogens with one attached hydrogen (secondary N) is 1. The first kappa shape index (κ1) is 24.2. The van der Waals surface area contributed by atoms with Gasteiger partial charge in [-0.3, -0.25) is 4.79 Å². The van der Waals surface area contributed by atoms with Crippen LogP contribution in [0.15, 0.2) is 28.7 Å². The van der Waals surface area contributed by atoms with Crippen molar-refractivity contribution in [3.05, 3.63) is 33.6 Å². The zero-order valence-electron chi connectivity index (χ0n) is 17.3. The van der Waals surface area contributed by atoms with Crippen molar-refractivity contribution in [1.82, 2.24) is 0 Å². The zero-order valence-corrected chi connectivity index (χ0v) is 19.7. The predicted octanol–water partition coefficient (Wildman–Crippen LogP) is 6.06. The maximum Gasteiger partial charge on any atom is 0.351 e. The molecule has 0 saturated heterocycles. The van der Waals surface area contributed by atoms with Crippen LogP contribution in [-0.4, -0.2) is 37.8 Å². The molecule has 1 heterocycles. The molecule has 1 saturated carbocycles. The molecule has 0 unspecified atom stereocenters. The van der Waals surface area contributed by atoms with Crippen LogP contribution in [0.3, 0.4) is 0 Å². The number of carbonyl (C=O) groups excluding carboxylic acids is 1. The lowest BCUT2D eigenvalue weighted by Crippen LogP contribution is -2.17. The molecule has 0 amide bonds. The number of thiophene rings is 1. The molecule has 1 aromatic heterocycles. The third kappa shape index (κ3) is 6.47. The second kappa shape index (κ2) is 12.6. The van der Waals surface area contributed by atoms with Crippen LogP contribution < -0.4 is 10.1 Å². The SMILES string of the molecule is CCOc1c(C(=O)OC)sc(-c2cccc(NCC3CCCCC3)c2)c1Br.O=CO. The Morgan fingerprint density at radius 3 is 2.67 bits per heavy atom. The molecule has 30 heavy (non-hydrogen) atoms. The van der Waals surface area contributed by atoms with E-state index in [0.29, 0.717) is 17.2 Å². The third-order valence-electron chi connectivity index (χ3n) is 4.91. The van der Waals surface area contributed by atoms with Gasteiger partial charge < -0.3 is 19.9 Å². The Morgan fingerprint density at radius 2 is 2.03 bits per heavy atom. The van der Waals surface area contributed by atoms with E-state index in [1.165, 1.54) is 50.6 Å². The summed E-state index contributed by atoms with van der Waals surface area (Å²) in [5.74, 6) is 0.957. The number of benzene rings is 1. The van der Waals surface area contributed by atoms with Crippen LogP contribution in [0.4, 0.5) is 5.69 Å². The van der Waals surface area contributed by atoms with Gasteiger partial charge in [0.05, 0.1) is 23.1 Å². The summed E-state index contributed by atoms with van der Waals surface area (Å²) in [7, 11) is 1.39. The van der Waals surface area contributed by atoms with Gasteiger partial charge in [-0.25, -0.2) is 4.79 Å². The number of ether oxygens (including phenoxy) is 2. The van der Waals surface area contributed by atoms with Gasteiger partial charge in [0.25, 0.3) is 6.47 Å². The van der Waals surface area contributed by atoms with Crippen LogP contribution in [0.1, 0.15) is 48.7 Å². The van der Waals surface area contributed by atoms with Crippen molar-refractivity contribution < 1.29 is 24.2 Å². The highest BCUT2D eigenvalue weighted by atomic mass is 79.9. The van der Waals surface area contributed by atoms with E-state index in [0.717, 1.165) is 33.1 Å². The van der Waals surface area contributed by atoms with E-state index in [4.69, 9.17) is 19.4 Å². The molecular weight excluding hydrogens is 470 g/mol. The average Bonchev–Trinajstić information content (AvgIpc) is 3.10. The molecule has 2 N–H and O–H groups in total. The summed E-state index contributed by atoms with van der Waals surface area (Å²) in [5, 5.41) is 10.5. The molecule has 0 aliphatic heterocycles. The Labute approximate surface area is 189 Å². The largest absolute Gasteiger partial charge is 0.491 e. The molecular formula is C22H28BrNO5S. The van der Waals surface area contributed by atoms with Crippen molar-refractivity contribution >= 4 is 45.4 Å². The summed E-state index contributed by atoms with van der Waals surface area (Å²) in [6.07, 6.45) is 6.73. The molecule has 1 aliphatic rings. The standard InChI is InChI=1S/C21H26BrNO3S.CH2O2/c1-3-26-18-17(22)19(27-20(18)21(24)25-2)15-10-7-11-16(12-15)23-13-14-8-5-4-6-9-14;2-1-3/h7,10-12,14,23H,3-6,8-9,13H2,1-2H3;1H,(H,2,3). The van der Waals surface area contributed by atoms with Gasteiger partial charge in [-0.2, -0.15) is 0 Å². The summed E-state index contributed by atoms with van der Waals surface area (Å²) in [4.78, 5) is 21.9. The minimum Gasteiger partial charge on any atom is -0.491 e. The summed E-state index contributed by atoms with van der Waals surface area (Å²) >= 11 is 5.01. The van der Waals surface area contributed by atoms with Gasteiger partial charge in [0.1, 0.15) is 0 Å².